The molecule has 2 aromatic rings. The van der Waals surface area contributed by atoms with Gasteiger partial charge in [0.25, 0.3) is 10.0 Å². The van der Waals surface area contributed by atoms with E-state index in [9.17, 15) is 13.2 Å². The summed E-state index contributed by atoms with van der Waals surface area (Å²) in [5, 5.41) is 2.83. The number of carbonyl (C=O) groups is 1. The largest absolute Gasteiger partial charge is 0.488 e. The van der Waals surface area contributed by atoms with E-state index in [1.54, 1.807) is 25.1 Å². The van der Waals surface area contributed by atoms with Crippen LogP contribution in [-0.2, 0) is 21.2 Å². The van der Waals surface area contributed by atoms with E-state index in [-0.39, 0.29) is 22.7 Å². The maximum Gasteiger partial charge on any atom is 0.263 e. The molecule has 0 saturated carbocycles. The van der Waals surface area contributed by atoms with Crippen molar-refractivity contribution in [3.8, 4) is 5.75 Å². The third-order valence-corrected chi connectivity index (χ3v) is 5.98. The summed E-state index contributed by atoms with van der Waals surface area (Å²) in [7, 11) is -3.61. The van der Waals surface area contributed by atoms with Crippen molar-refractivity contribution < 1.29 is 17.9 Å². The van der Waals surface area contributed by atoms with Gasteiger partial charge in [-0.05, 0) is 30.7 Å². The van der Waals surface area contributed by atoms with Crippen LogP contribution in [0, 0.1) is 0 Å². The molecule has 0 radical (unpaired) electrons. The monoisotopic (exact) mass is 385 g/mol. The standard InChI is InChI=1S/C19H19N3O4S/c1-12(21-18-15-7-3-5-9-17(15)27(24,25)22-18)19(23)20-11-14-10-13-6-2-4-8-16(13)26-14/h2-9,12,14H,10-11H2,1H3,(H,20,23)(H,21,22)/t12-,14?/m0/s1. The summed E-state index contributed by atoms with van der Waals surface area (Å²) in [6.45, 7) is 1.99. The smallest absolute Gasteiger partial charge is 0.263 e. The van der Waals surface area contributed by atoms with Gasteiger partial charge in [0.2, 0.25) is 5.91 Å². The molecule has 4 rings (SSSR count). The molecule has 0 spiro atoms. The summed E-state index contributed by atoms with van der Waals surface area (Å²) in [4.78, 5) is 16.8. The number of hydrogen-bond donors (Lipinski definition) is 2. The normalized spacial score (nSPS) is 21.7. The lowest BCUT2D eigenvalue weighted by atomic mass is 10.1. The summed E-state index contributed by atoms with van der Waals surface area (Å²) < 4.78 is 32.4. The number of aliphatic imine (C=N–C) groups is 1. The molecule has 7 nitrogen and oxygen atoms in total. The molecule has 2 heterocycles. The number of hydrogen-bond acceptors (Lipinski definition) is 5. The van der Waals surface area contributed by atoms with Crippen molar-refractivity contribution in [2.45, 2.75) is 30.4 Å². The average Bonchev–Trinajstić information content (AvgIpc) is 3.18. The highest BCUT2D eigenvalue weighted by atomic mass is 32.2. The van der Waals surface area contributed by atoms with Gasteiger partial charge in [-0.1, -0.05) is 30.3 Å². The van der Waals surface area contributed by atoms with Gasteiger partial charge >= 0.3 is 0 Å². The van der Waals surface area contributed by atoms with E-state index >= 15 is 0 Å². The molecule has 0 bridgehead atoms. The minimum Gasteiger partial charge on any atom is -0.488 e. The molecule has 140 valence electrons. The Balaban J connectivity index is 1.40. The van der Waals surface area contributed by atoms with Crippen molar-refractivity contribution >= 4 is 21.8 Å². The summed E-state index contributed by atoms with van der Waals surface area (Å²) in [5.74, 6) is 0.755. The fourth-order valence-electron chi connectivity index (χ4n) is 3.21. The van der Waals surface area contributed by atoms with Crippen molar-refractivity contribution in [2.24, 2.45) is 4.99 Å². The highest BCUT2D eigenvalue weighted by Crippen LogP contribution is 2.27. The van der Waals surface area contributed by atoms with Gasteiger partial charge in [0.05, 0.1) is 11.4 Å². The second kappa shape index (κ2) is 6.70. The number of amides is 1. The van der Waals surface area contributed by atoms with Gasteiger partial charge in [-0.2, -0.15) is 0 Å². The Morgan fingerprint density at radius 2 is 2.00 bits per heavy atom. The summed E-state index contributed by atoms with van der Waals surface area (Å²) >= 11 is 0. The van der Waals surface area contributed by atoms with Crippen molar-refractivity contribution in [1.82, 2.24) is 10.0 Å². The van der Waals surface area contributed by atoms with Crippen LogP contribution in [0.25, 0.3) is 0 Å². The zero-order chi connectivity index (χ0) is 19.0. The van der Waals surface area contributed by atoms with E-state index in [2.05, 4.69) is 15.0 Å². The molecule has 0 aromatic heterocycles. The predicted molar refractivity (Wildman–Crippen MR) is 100 cm³/mol. The number of nitrogens with one attached hydrogen (secondary N) is 2. The molecule has 0 fully saturated rings. The van der Waals surface area contributed by atoms with Crippen LogP contribution in [0.4, 0.5) is 0 Å². The van der Waals surface area contributed by atoms with Gasteiger partial charge in [-0.25, -0.2) is 8.42 Å². The number of fused-ring (bicyclic) bond motifs is 2. The Hall–Kier alpha value is -2.87. The molecular formula is C19H19N3O4S. The summed E-state index contributed by atoms with van der Waals surface area (Å²) in [6, 6.07) is 13.6. The van der Waals surface area contributed by atoms with Crippen molar-refractivity contribution in [1.29, 1.82) is 0 Å². The molecule has 1 amide bonds. The highest BCUT2D eigenvalue weighted by Gasteiger charge is 2.31. The van der Waals surface area contributed by atoms with Gasteiger partial charge in [-0.15, -0.1) is 0 Å². The van der Waals surface area contributed by atoms with Crippen LogP contribution in [0.3, 0.4) is 0 Å². The second-order valence-electron chi connectivity index (χ2n) is 6.55. The van der Waals surface area contributed by atoms with E-state index < -0.39 is 16.1 Å². The van der Waals surface area contributed by atoms with Crippen LogP contribution in [0.2, 0.25) is 0 Å². The average molecular weight is 385 g/mol. The molecular weight excluding hydrogens is 366 g/mol. The summed E-state index contributed by atoms with van der Waals surface area (Å²) in [6.07, 6.45) is 0.629. The number of amidine groups is 1. The Morgan fingerprint density at radius 3 is 2.81 bits per heavy atom. The number of para-hydroxylation sites is 1. The van der Waals surface area contributed by atoms with Gasteiger partial charge in [0, 0.05) is 12.0 Å². The molecule has 2 aliphatic rings. The number of rotatable bonds is 4. The Labute approximate surface area is 157 Å². The number of benzene rings is 2. The third kappa shape index (κ3) is 3.40. The van der Waals surface area contributed by atoms with E-state index in [1.165, 1.54) is 6.07 Å². The maximum atomic E-state index is 12.4. The second-order valence-corrected chi connectivity index (χ2v) is 8.20. The predicted octanol–water partition coefficient (Wildman–Crippen LogP) is 1.23. The summed E-state index contributed by atoms with van der Waals surface area (Å²) in [5.41, 5.74) is 1.61. The lowest BCUT2D eigenvalue weighted by Gasteiger charge is -2.14. The first-order valence-corrected chi connectivity index (χ1v) is 10.1. The van der Waals surface area contributed by atoms with Crippen LogP contribution >= 0.6 is 0 Å². The van der Waals surface area contributed by atoms with E-state index in [0.717, 1.165) is 17.7 Å². The van der Waals surface area contributed by atoms with Crippen LogP contribution in [-0.4, -0.2) is 38.9 Å². The van der Waals surface area contributed by atoms with E-state index in [0.29, 0.717) is 12.1 Å². The maximum absolute atomic E-state index is 12.4. The van der Waals surface area contributed by atoms with Crippen molar-refractivity contribution in [2.75, 3.05) is 6.54 Å². The first kappa shape index (κ1) is 17.5. The van der Waals surface area contributed by atoms with Crippen LogP contribution < -0.4 is 14.8 Å². The van der Waals surface area contributed by atoms with Crippen LogP contribution in [0.15, 0.2) is 58.4 Å². The fourth-order valence-corrected chi connectivity index (χ4v) is 4.45. The molecule has 27 heavy (non-hydrogen) atoms. The molecule has 2 atom stereocenters. The third-order valence-electron chi connectivity index (χ3n) is 4.58. The first-order valence-electron chi connectivity index (χ1n) is 8.66. The van der Waals surface area contributed by atoms with Gasteiger partial charge in [0.1, 0.15) is 23.7 Å². The zero-order valence-corrected chi connectivity index (χ0v) is 15.5. The minimum absolute atomic E-state index is 0.114. The quantitative estimate of drug-likeness (QED) is 0.827. The minimum atomic E-state index is -3.61. The van der Waals surface area contributed by atoms with E-state index in [1.807, 2.05) is 24.3 Å². The van der Waals surface area contributed by atoms with Crippen molar-refractivity contribution in [3.05, 3.63) is 59.7 Å². The number of carbonyl (C=O) groups excluding carboxylic acids is 1. The van der Waals surface area contributed by atoms with Crippen LogP contribution in [0.5, 0.6) is 5.75 Å². The lowest BCUT2D eigenvalue weighted by Crippen LogP contribution is -2.39. The fraction of sp³-hybridized carbons (Fsp3) is 0.263. The Bertz CT molecular complexity index is 1010. The van der Waals surface area contributed by atoms with Gasteiger partial charge in [0.15, 0.2) is 0 Å². The lowest BCUT2D eigenvalue weighted by molar-refractivity contribution is -0.122. The molecule has 2 aliphatic heterocycles. The first-order chi connectivity index (χ1) is 12.9. The Morgan fingerprint density at radius 1 is 1.26 bits per heavy atom. The molecule has 2 aromatic carbocycles. The van der Waals surface area contributed by atoms with E-state index in [4.69, 9.17) is 4.74 Å². The molecule has 8 heteroatoms. The zero-order valence-electron chi connectivity index (χ0n) is 14.7. The molecule has 0 saturated heterocycles. The number of sulfonamides is 1. The van der Waals surface area contributed by atoms with Gasteiger partial charge < -0.3 is 10.1 Å². The number of ether oxygens (including phenoxy) is 1. The molecule has 0 aliphatic carbocycles. The van der Waals surface area contributed by atoms with Crippen molar-refractivity contribution in [3.63, 3.8) is 0 Å². The highest BCUT2D eigenvalue weighted by molar-refractivity contribution is 7.90. The van der Waals surface area contributed by atoms with Crippen LogP contribution in [0.1, 0.15) is 18.1 Å². The Kier molecular flexibility index (Phi) is 4.35. The number of nitrogens with zero attached hydrogens (tertiary/aromatic N) is 1. The van der Waals surface area contributed by atoms with Gasteiger partial charge in [-0.3, -0.25) is 14.5 Å². The SMILES string of the molecule is C[C@H](N=C1NS(=O)(=O)c2ccccc21)C(=O)NCC1Cc2ccccc2O1. The topological polar surface area (TPSA) is 96.9 Å². The molecule has 2 N–H and O–H groups in total. The molecule has 1 unspecified atom stereocenters.